The molecule has 0 fully saturated rings. The number of aromatic nitrogens is 6. The van der Waals surface area contributed by atoms with Gasteiger partial charge in [-0.1, -0.05) is 48.5 Å². The Balaban J connectivity index is 1.37. The van der Waals surface area contributed by atoms with Gasteiger partial charge in [0.2, 0.25) is 0 Å². The lowest BCUT2D eigenvalue weighted by molar-refractivity contribution is 0.804. The van der Waals surface area contributed by atoms with E-state index in [1.165, 1.54) is 21.8 Å². The molecule has 7 rings (SSSR count). The maximum Gasteiger partial charge on any atom is 0.156 e. The minimum absolute atomic E-state index is 0.740. The van der Waals surface area contributed by atoms with E-state index in [1.54, 1.807) is 21.8 Å². The Hall–Kier alpha value is -4.97. The van der Waals surface area contributed by atoms with Crippen molar-refractivity contribution in [2.24, 2.45) is 0 Å². The van der Waals surface area contributed by atoms with E-state index in [9.17, 15) is 0 Å². The summed E-state index contributed by atoms with van der Waals surface area (Å²) in [5.74, 6) is 1.48. The molecular formula is C29H20N6. The van der Waals surface area contributed by atoms with Gasteiger partial charge in [0.25, 0.3) is 0 Å². The zero-order valence-corrected chi connectivity index (χ0v) is 18.7. The fourth-order valence-electron chi connectivity index (χ4n) is 4.72. The Kier molecular flexibility index (Phi) is 4.35. The van der Waals surface area contributed by atoms with E-state index in [0.717, 1.165) is 28.5 Å². The van der Waals surface area contributed by atoms with Crippen LogP contribution < -0.4 is 0 Å². The van der Waals surface area contributed by atoms with Crippen LogP contribution in [0.3, 0.4) is 0 Å². The van der Waals surface area contributed by atoms with Crippen molar-refractivity contribution in [3.8, 4) is 28.5 Å². The molecule has 0 aliphatic carbocycles. The first-order valence-corrected chi connectivity index (χ1v) is 11.5. The molecule has 0 aliphatic rings. The third-order valence-corrected chi connectivity index (χ3v) is 6.32. The molecule has 0 atom stereocenters. The smallest absolute Gasteiger partial charge is 0.156 e. The van der Waals surface area contributed by atoms with Crippen LogP contribution in [0.4, 0.5) is 0 Å². The van der Waals surface area contributed by atoms with E-state index >= 15 is 0 Å². The molecule has 6 nitrogen and oxygen atoms in total. The summed E-state index contributed by atoms with van der Waals surface area (Å²) < 4.78 is 5.86. The van der Waals surface area contributed by atoms with Crippen molar-refractivity contribution in [1.29, 1.82) is 0 Å². The van der Waals surface area contributed by atoms with Gasteiger partial charge < -0.3 is 4.57 Å². The van der Waals surface area contributed by atoms with Crippen molar-refractivity contribution in [2.75, 3.05) is 0 Å². The second-order valence-electron chi connectivity index (χ2n) is 8.39. The van der Waals surface area contributed by atoms with Crippen LogP contribution in [0.5, 0.6) is 0 Å². The Morgan fingerprint density at radius 3 is 1.57 bits per heavy atom. The SMILES string of the molecule is c1ccc2c(c1)c1ccccc1n2-c1ccc(-c2cc(-n3cccn3)nc(-n3cccn3)c2)cc1. The number of benzene rings is 3. The highest BCUT2D eigenvalue weighted by Crippen LogP contribution is 2.32. The average Bonchev–Trinajstić information content (AvgIpc) is 3.69. The highest BCUT2D eigenvalue weighted by molar-refractivity contribution is 6.09. The van der Waals surface area contributed by atoms with Crippen molar-refractivity contribution >= 4 is 21.8 Å². The monoisotopic (exact) mass is 452 g/mol. The molecule has 0 radical (unpaired) electrons. The van der Waals surface area contributed by atoms with Crippen LogP contribution in [0, 0.1) is 0 Å². The summed E-state index contributed by atoms with van der Waals surface area (Å²) in [5, 5.41) is 11.3. The zero-order chi connectivity index (χ0) is 23.2. The molecular weight excluding hydrogens is 432 g/mol. The van der Waals surface area contributed by atoms with Gasteiger partial charge in [0.1, 0.15) is 0 Å². The summed E-state index contributed by atoms with van der Waals surface area (Å²) in [6.07, 6.45) is 7.29. The van der Waals surface area contributed by atoms with Gasteiger partial charge >= 0.3 is 0 Å². The van der Waals surface area contributed by atoms with Crippen LogP contribution in [0.15, 0.2) is 122 Å². The van der Waals surface area contributed by atoms with Gasteiger partial charge in [0, 0.05) is 41.2 Å². The Labute approximate surface area is 201 Å². The molecule has 35 heavy (non-hydrogen) atoms. The van der Waals surface area contributed by atoms with Crippen LogP contribution >= 0.6 is 0 Å². The molecule has 4 heterocycles. The van der Waals surface area contributed by atoms with E-state index in [-0.39, 0.29) is 0 Å². The lowest BCUT2D eigenvalue weighted by atomic mass is 10.1. The van der Waals surface area contributed by atoms with Crippen molar-refractivity contribution in [2.45, 2.75) is 0 Å². The number of hydrogen-bond donors (Lipinski definition) is 0. The Morgan fingerprint density at radius 2 is 1.06 bits per heavy atom. The predicted molar refractivity (Wildman–Crippen MR) is 138 cm³/mol. The Bertz CT molecular complexity index is 1670. The van der Waals surface area contributed by atoms with Crippen LogP contribution in [0.25, 0.3) is 50.3 Å². The fourth-order valence-corrected chi connectivity index (χ4v) is 4.72. The van der Waals surface area contributed by atoms with E-state index in [2.05, 4.69) is 99.7 Å². The van der Waals surface area contributed by atoms with Gasteiger partial charge in [-0.05, 0) is 59.7 Å². The van der Waals surface area contributed by atoms with E-state index in [0.29, 0.717) is 0 Å². The molecule has 0 bridgehead atoms. The third kappa shape index (κ3) is 3.23. The van der Waals surface area contributed by atoms with Gasteiger partial charge in [-0.15, -0.1) is 0 Å². The summed E-state index contributed by atoms with van der Waals surface area (Å²) in [4.78, 5) is 4.77. The van der Waals surface area contributed by atoms with Gasteiger partial charge in [-0.3, -0.25) is 0 Å². The largest absolute Gasteiger partial charge is 0.309 e. The number of fused-ring (bicyclic) bond motifs is 3. The fraction of sp³-hybridized carbons (Fsp3) is 0. The molecule has 0 saturated carbocycles. The highest BCUT2D eigenvalue weighted by Gasteiger charge is 2.13. The lowest BCUT2D eigenvalue weighted by Gasteiger charge is -2.11. The number of hydrogen-bond acceptors (Lipinski definition) is 3. The van der Waals surface area contributed by atoms with Crippen molar-refractivity contribution < 1.29 is 0 Å². The molecule has 0 aliphatic heterocycles. The molecule has 0 N–H and O–H groups in total. The van der Waals surface area contributed by atoms with E-state index < -0.39 is 0 Å². The molecule has 0 saturated heterocycles. The zero-order valence-electron chi connectivity index (χ0n) is 18.7. The van der Waals surface area contributed by atoms with Crippen LogP contribution in [0.2, 0.25) is 0 Å². The average molecular weight is 453 g/mol. The van der Waals surface area contributed by atoms with E-state index in [1.807, 2.05) is 24.5 Å². The molecule has 7 aromatic rings. The first kappa shape index (κ1) is 19.5. The molecule has 0 amide bonds. The molecule has 0 spiro atoms. The molecule has 4 aromatic heterocycles. The summed E-state index contributed by atoms with van der Waals surface area (Å²) >= 11 is 0. The van der Waals surface area contributed by atoms with Crippen molar-refractivity contribution in [3.05, 3.63) is 122 Å². The first-order valence-electron chi connectivity index (χ1n) is 11.5. The van der Waals surface area contributed by atoms with Gasteiger partial charge in [0.05, 0.1) is 11.0 Å². The Morgan fingerprint density at radius 1 is 0.514 bits per heavy atom. The second-order valence-corrected chi connectivity index (χ2v) is 8.39. The summed E-state index contributed by atoms with van der Waals surface area (Å²) in [7, 11) is 0. The molecule has 0 unspecified atom stereocenters. The third-order valence-electron chi connectivity index (χ3n) is 6.32. The van der Waals surface area contributed by atoms with Gasteiger partial charge in [0.15, 0.2) is 11.6 Å². The first-order chi connectivity index (χ1) is 17.3. The maximum atomic E-state index is 4.77. The van der Waals surface area contributed by atoms with Gasteiger partial charge in [-0.2, -0.15) is 10.2 Å². The maximum absolute atomic E-state index is 4.77. The second kappa shape index (κ2) is 7.81. The van der Waals surface area contributed by atoms with Gasteiger partial charge in [-0.25, -0.2) is 14.3 Å². The number of pyridine rings is 1. The van der Waals surface area contributed by atoms with Crippen LogP contribution in [0.1, 0.15) is 0 Å². The van der Waals surface area contributed by atoms with E-state index in [4.69, 9.17) is 4.98 Å². The summed E-state index contributed by atoms with van der Waals surface area (Å²) in [6.45, 7) is 0. The number of rotatable bonds is 4. The van der Waals surface area contributed by atoms with Crippen molar-refractivity contribution in [1.82, 2.24) is 29.1 Å². The molecule has 6 heteroatoms. The normalized spacial score (nSPS) is 11.4. The van der Waals surface area contributed by atoms with Crippen LogP contribution in [-0.4, -0.2) is 29.1 Å². The standard InChI is InChI=1S/C29H20N6/c1-3-9-26-24(7-1)25-8-2-4-10-27(25)35(26)23-13-11-21(12-14-23)22-19-28(33-17-5-15-30-33)32-29(20-22)34-18-6-16-31-34/h1-20H. The quantitative estimate of drug-likeness (QED) is 0.319. The minimum atomic E-state index is 0.740. The predicted octanol–water partition coefficient (Wildman–Crippen LogP) is 6.22. The molecule has 166 valence electrons. The molecule has 3 aromatic carbocycles. The summed E-state index contributed by atoms with van der Waals surface area (Å²) in [6, 6.07) is 33.7. The summed E-state index contributed by atoms with van der Waals surface area (Å²) in [5.41, 5.74) is 5.67. The van der Waals surface area contributed by atoms with Crippen LogP contribution in [-0.2, 0) is 0 Å². The number of para-hydroxylation sites is 2. The highest BCUT2D eigenvalue weighted by atomic mass is 15.3. The lowest BCUT2D eigenvalue weighted by Crippen LogP contribution is -2.04. The topological polar surface area (TPSA) is 53.5 Å². The minimum Gasteiger partial charge on any atom is -0.309 e. The number of nitrogens with zero attached hydrogens (tertiary/aromatic N) is 6. The van der Waals surface area contributed by atoms with Crippen molar-refractivity contribution in [3.63, 3.8) is 0 Å².